The average molecular weight is 247 g/mol. The van der Waals surface area contributed by atoms with Crippen LogP contribution in [0.1, 0.15) is 19.8 Å². The van der Waals surface area contributed by atoms with Gasteiger partial charge in [-0.25, -0.2) is 4.98 Å². The lowest BCUT2D eigenvalue weighted by atomic mass is 10.2. The quantitative estimate of drug-likeness (QED) is 0.668. The van der Waals surface area contributed by atoms with Gasteiger partial charge in [0.1, 0.15) is 0 Å². The summed E-state index contributed by atoms with van der Waals surface area (Å²) in [5.41, 5.74) is 0.748. The van der Waals surface area contributed by atoms with E-state index in [1.165, 1.54) is 0 Å². The second kappa shape index (κ2) is 5.19. The molecule has 1 heterocycles. The standard InChI is InChI=1S/C13H13NO2S/c1-2-4-12(15)16-11-8-7-9-5-3-6-10(17)13(9)14-11/h3,5-8,17H,2,4H2,1H3. The number of carbonyl (C=O) groups is 1. The smallest absolute Gasteiger partial charge is 0.312 e. The summed E-state index contributed by atoms with van der Waals surface area (Å²) >= 11 is 4.33. The van der Waals surface area contributed by atoms with Crippen LogP contribution in [0.5, 0.6) is 5.88 Å². The average Bonchev–Trinajstić information content (AvgIpc) is 2.30. The highest BCUT2D eigenvalue weighted by atomic mass is 32.1. The van der Waals surface area contributed by atoms with Crippen LogP contribution in [-0.4, -0.2) is 11.0 Å². The first-order chi connectivity index (χ1) is 8.20. The molecule has 0 aliphatic heterocycles. The second-order valence-corrected chi connectivity index (χ2v) is 4.20. The van der Waals surface area contributed by atoms with Crippen molar-refractivity contribution < 1.29 is 9.53 Å². The molecule has 3 nitrogen and oxygen atoms in total. The normalized spacial score (nSPS) is 10.5. The minimum absolute atomic E-state index is 0.254. The maximum absolute atomic E-state index is 11.4. The second-order valence-electron chi connectivity index (χ2n) is 3.72. The third kappa shape index (κ3) is 2.77. The number of esters is 1. The van der Waals surface area contributed by atoms with E-state index in [-0.39, 0.29) is 5.97 Å². The van der Waals surface area contributed by atoms with E-state index in [9.17, 15) is 4.79 Å². The van der Waals surface area contributed by atoms with Gasteiger partial charge in [-0.1, -0.05) is 19.1 Å². The fourth-order valence-corrected chi connectivity index (χ4v) is 1.81. The molecule has 0 saturated carbocycles. The molecule has 4 heteroatoms. The lowest BCUT2D eigenvalue weighted by Crippen LogP contribution is -2.07. The van der Waals surface area contributed by atoms with E-state index < -0.39 is 0 Å². The van der Waals surface area contributed by atoms with Gasteiger partial charge in [0.05, 0.1) is 5.52 Å². The van der Waals surface area contributed by atoms with Gasteiger partial charge in [-0.15, -0.1) is 12.6 Å². The zero-order valence-electron chi connectivity index (χ0n) is 9.51. The molecule has 1 aromatic carbocycles. The van der Waals surface area contributed by atoms with Gasteiger partial charge in [-0.2, -0.15) is 0 Å². The fourth-order valence-electron chi connectivity index (χ4n) is 1.54. The molecule has 2 rings (SSSR count). The summed E-state index contributed by atoms with van der Waals surface area (Å²) < 4.78 is 5.13. The molecule has 0 spiro atoms. The van der Waals surface area contributed by atoms with Gasteiger partial charge in [0.25, 0.3) is 0 Å². The Morgan fingerprint density at radius 3 is 2.94 bits per heavy atom. The molecule has 0 atom stereocenters. The van der Waals surface area contributed by atoms with Crippen molar-refractivity contribution in [2.24, 2.45) is 0 Å². The minimum atomic E-state index is -0.254. The Labute approximate surface area is 105 Å². The lowest BCUT2D eigenvalue weighted by Gasteiger charge is -2.05. The molecule has 0 amide bonds. The van der Waals surface area contributed by atoms with Crippen LogP contribution in [0.4, 0.5) is 0 Å². The van der Waals surface area contributed by atoms with Crippen LogP contribution in [0.15, 0.2) is 35.2 Å². The Balaban J connectivity index is 2.31. The van der Waals surface area contributed by atoms with Crippen molar-refractivity contribution in [1.29, 1.82) is 0 Å². The maximum atomic E-state index is 11.4. The number of hydrogen-bond donors (Lipinski definition) is 1. The van der Waals surface area contributed by atoms with E-state index in [2.05, 4.69) is 17.6 Å². The molecule has 17 heavy (non-hydrogen) atoms. The highest BCUT2D eigenvalue weighted by Crippen LogP contribution is 2.22. The van der Waals surface area contributed by atoms with E-state index in [4.69, 9.17) is 4.74 Å². The van der Waals surface area contributed by atoms with Crippen molar-refractivity contribution >= 4 is 29.5 Å². The Bertz CT molecular complexity index is 554. The van der Waals surface area contributed by atoms with Gasteiger partial charge < -0.3 is 4.74 Å². The lowest BCUT2D eigenvalue weighted by molar-refractivity contribution is -0.134. The Morgan fingerprint density at radius 2 is 2.18 bits per heavy atom. The van der Waals surface area contributed by atoms with Gasteiger partial charge in [0.15, 0.2) is 0 Å². The number of rotatable bonds is 3. The zero-order valence-corrected chi connectivity index (χ0v) is 10.4. The molecule has 0 N–H and O–H groups in total. The highest BCUT2D eigenvalue weighted by Gasteiger charge is 2.06. The SMILES string of the molecule is CCCC(=O)Oc1ccc2cccc(S)c2n1. The molecule has 0 saturated heterocycles. The predicted molar refractivity (Wildman–Crippen MR) is 69.5 cm³/mol. The van der Waals surface area contributed by atoms with Gasteiger partial charge in [0, 0.05) is 22.8 Å². The number of thiol groups is 1. The van der Waals surface area contributed by atoms with Crippen LogP contribution < -0.4 is 4.74 Å². The summed E-state index contributed by atoms with van der Waals surface area (Å²) in [5, 5.41) is 0.979. The molecule has 0 radical (unpaired) electrons. The molecule has 88 valence electrons. The van der Waals surface area contributed by atoms with Crippen molar-refractivity contribution in [1.82, 2.24) is 4.98 Å². The molecular weight excluding hydrogens is 234 g/mol. The van der Waals surface area contributed by atoms with E-state index >= 15 is 0 Å². The molecule has 0 fully saturated rings. The van der Waals surface area contributed by atoms with Crippen LogP contribution >= 0.6 is 12.6 Å². The van der Waals surface area contributed by atoms with Gasteiger partial charge in [-0.3, -0.25) is 4.79 Å². The maximum Gasteiger partial charge on any atom is 0.312 e. The van der Waals surface area contributed by atoms with E-state index in [0.717, 1.165) is 22.2 Å². The number of carbonyl (C=O) groups excluding carboxylic acids is 1. The molecule has 0 unspecified atom stereocenters. The van der Waals surface area contributed by atoms with Crippen molar-refractivity contribution in [3.63, 3.8) is 0 Å². The molecular formula is C13H13NO2S. The van der Waals surface area contributed by atoms with Gasteiger partial charge >= 0.3 is 5.97 Å². The summed E-state index contributed by atoms with van der Waals surface area (Å²) in [6.07, 6.45) is 1.17. The summed E-state index contributed by atoms with van der Waals surface area (Å²) in [6.45, 7) is 1.93. The van der Waals surface area contributed by atoms with Crippen molar-refractivity contribution in [3.05, 3.63) is 30.3 Å². The van der Waals surface area contributed by atoms with E-state index in [1.807, 2.05) is 31.2 Å². The number of hydrogen-bond acceptors (Lipinski definition) is 4. The van der Waals surface area contributed by atoms with E-state index in [0.29, 0.717) is 12.3 Å². The Kier molecular flexibility index (Phi) is 3.64. The summed E-state index contributed by atoms with van der Waals surface area (Å²) in [7, 11) is 0. The van der Waals surface area contributed by atoms with Crippen LogP contribution in [0.25, 0.3) is 10.9 Å². The monoisotopic (exact) mass is 247 g/mol. The molecule has 0 aliphatic carbocycles. The number of pyridine rings is 1. The summed E-state index contributed by atoms with van der Waals surface area (Å²) in [5.74, 6) is 0.0773. The number of para-hydroxylation sites is 1. The minimum Gasteiger partial charge on any atom is -0.407 e. The largest absolute Gasteiger partial charge is 0.407 e. The molecule has 0 aliphatic rings. The van der Waals surface area contributed by atoms with Crippen molar-refractivity contribution in [2.45, 2.75) is 24.7 Å². The third-order valence-electron chi connectivity index (χ3n) is 2.35. The molecule has 0 bridgehead atoms. The van der Waals surface area contributed by atoms with E-state index in [1.54, 1.807) is 6.07 Å². The topological polar surface area (TPSA) is 39.2 Å². The number of ether oxygens (including phenoxy) is 1. The summed E-state index contributed by atoms with van der Waals surface area (Å²) in [4.78, 5) is 16.4. The number of fused-ring (bicyclic) bond motifs is 1. The van der Waals surface area contributed by atoms with Crippen molar-refractivity contribution in [3.8, 4) is 5.88 Å². The predicted octanol–water partition coefficient (Wildman–Crippen LogP) is 3.23. The number of nitrogens with zero attached hydrogens (tertiary/aromatic N) is 1. The fraction of sp³-hybridized carbons (Fsp3) is 0.231. The zero-order chi connectivity index (χ0) is 12.3. The first-order valence-electron chi connectivity index (χ1n) is 5.50. The first kappa shape index (κ1) is 11.9. The van der Waals surface area contributed by atoms with Crippen LogP contribution in [0.3, 0.4) is 0 Å². The molecule has 2 aromatic rings. The Hall–Kier alpha value is -1.55. The van der Waals surface area contributed by atoms with Gasteiger partial charge in [0.2, 0.25) is 5.88 Å². The molecule has 1 aromatic heterocycles. The number of benzene rings is 1. The van der Waals surface area contributed by atoms with Crippen molar-refractivity contribution in [2.75, 3.05) is 0 Å². The first-order valence-corrected chi connectivity index (χ1v) is 5.95. The van der Waals surface area contributed by atoms with Gasteiger partial charge in [-0.05, 0) is 18.6 Å². The highest BCUT2D eigenvalue weighted by molar-refractivity contribution is 7.80. The van der Waals surface area contributed by atoms with Crippen LogP contribution in [-0.2, 0) is 4.79 Å². The van der Waals surface area contributed by atoms with Crippen LogP contribution in [0, 0.1) is 0 Å². The third-order valence-corrected chi connectivity index (χ3v) is 2.71. The number of aromatic nitrogens is 1. The Morgan fingerprint density at radius 1 is 1.35 bits per heavy atom. The van der Waals surface area contributed by atoms with Crippen LogP contribution in [0.2, 0.25) is 0 Å². The summed E-state index contributed by atoms with van der Waals surface area (Å²) in [6, 6.07) is 9.28.